The van der Waals surface area contributed by atoms with Gasteiger partial charge >= 0.3 is 11.9 Å². The Hall–Kier alpha value is -3.28. The Balaban J connectivity index is 2.11. The second-order valence-electron chi connectivity index (χ2n) is 10.9. The molecule has 0 aliphatic heterocycles. The Bertz CT molecular complexity index is 1220. The lowest BCUT2D eigenvalue weighted by molar-refractivity contribution is -0.147. The molecule has 3 rings (SSSR count). The molecule has 0 aliphatic rings. The zero-order valence-corrected chi connectivity index (χ0v) is 22.5. The lowest BCUT2D eigenvalue weighted by Crippen LogP contribution is -2.19. The number of esters is 2. The van der Waals surface area contributed by atoms with Crippen molar-refractivity contribution in [3.63, 3.8) is 0 Å². The van der Waals surface area contributed by atoms with E-state index in [0.29, 0.717) is 24.7 Å². The van der Waals surface area contributed by atoms with E-state index in [-0.39, 0.29) is 30.5 Å². The Morgan fingerprint density at radius 2 is 1.17 bits per heavy atom. The van der Waals surface area contributed by atoms with E-state index in [0.717, 1.165) is 27.1 Å². The van der Waals surface area contributed by atoms with Crippen molar-refractivity contribution in [2.24, 2.45) is 11.8 Å². The van der Waals surface area contributed by atoms with Crippen LogP contribution in [-0.4, -0.2) is 38.4 Å². The standard InChI is InChI=1S/C30H38O6/c1-19(2)15-33-25(31)17-35-28-21-11-8-9-12-22(21)29(36-18-26(32)34-16-20(3)4)27-23(28)13-10-14-24(27)30(5,6)7/h8-14,19-20H,15-18H2,1-7H3. The molecule has 0 aliphatic carbocycles. The van der Waals surface area contributed by atoms with Gasteiger partial charge in [-0.25, -0.2) is 9.59 Å². The molecule has 6 nitrogen and oxygen atoms in total. The third-order valence-electron chi connectivity index (χ3n) is 5.58. The smallest absolute Gasteiger partial charge is 0.344 e. The van der Waals surface area contributed by atoms with Crippen LogP contribution in [-0.2, 0) is 24.5 Å². The number of benzene rings is 3. The molecule has 0 amide bonds. The summed E-state index contributed by atoms with van der Waals surface area (Å²) in [4.78, 5) is 24.8. The van der Waals surface area contributed by atoms with Crippen molar-refractivity contribution in [1.82, 2.24) is 0 Å². The first-order valence-electron chi connectivity index (χ1n) is 12.5. The number of hydrogen-bond acceptors (Lipinski definition) is 6. The van der Waals surface area contributed by atoms with Gasteiger partial charge in [0, 0.05) is 21.5 Å². The summed E-state index contributed by atoms with van der Waals surface area (Å²) in [6.07, 6.45) is 0. The van der Waals surface area contributed by atoms with Crippen molar-refractivity contribution < 1.29 is 28.5 Å². The minimum atomic E-state index is -0.416. The molecule has 0 unspecified atom stereocenters. The second-order valence-corrected chi connectivity index (χ2v) is 10.9. The van der Waals surface area contributed by atoms with Crippen molar-refractivity contribution in [2.75, 3.05) is 26.4 Å². The second kappa shape index (κ2) is 11.6. The van der Waals surface area contributed by atoms with Crippen LogP contribution in [0.4, 0.5) is 0 Å². The van der Waals surface area contributed by atoms with Crippen molar-refractivity contribution in [2.45, 2.75) is 53.9 Å². The minimum Gasteiger partial charge on any atom is -0.481 e. The van der Waals surface area contributed by atoms with Gasteiger partial charge in [-0.1, -0.05) is 90.9 Å². The van der Waals surface area contributed by atoms with Gasteiger partial charge < -0.3 is 18.9 Å². The van der Waals surface area contributed by atoms with E-state index in [4.69, 9.17) is 18.9 Å². The molecular formula is C30H38O6. The topological polar surface area (TPSA) is 71.1 Å². The normalized spacial score (nSPS) is 11.8. The molecule has 3 aromatic carbocycles. The summed E-state index contributed by atoms with van der Waals surface area (Å²) in [5, 5.41) is 3.25. The molecule has 0 atom stereocenters. The van der Waals surface area contributed by atoms with Gasteiger partial charge in [0.1, 0.15) is 11.5 Å². The molecule has 0 bridgehead atoms. The molecule has 0 radical (unpaired) electrons. The Morgan fingerprint density at radius 3 is 1.67 bits per heavy atom. The largest absolute Gasteiger partial charge is 0.481 e. The van der Waals surface area contributed by atoms with Crippen LogP contribution >= 0.6 is 0 Å². The fourth-order valence-corrected chi connectivity index (χ4v) is 3.94. The number of carbonyl (C=O) groups is 2. The molecule has 0 fully saturated rings. The van der Waals surface area contributed by atoms with E-state index in [1.165, 1.54) is 0 Å². The maximum Gasteiger partial charge on any atom is 0.344 e. The van der Waals surface area contributed by atoms with Crippen LogP contribution in [0.3, 0.4) is 0 Å². The summed E-state index contributed by atoms with van der Waals surface area (Å²) in [5.74, 6) is 0.842. The predicted molar refractivity (Wildman–Crippen MR) is 143 cm³/mol. The molecule has 3 aromatic rings. The van der Waals surface area contributed by atoms with Crippen LogP contribution in [0.1, 0.15) is 54.0 Å². The van der Waals surface area contributed by atoms with E-state index in [1.807, 2.05) is 64.1 Å². The van der Waals surface area contributed by atoms with Gasteiger partial charge in [0.25, 0.3) is 0 Å². The highest BCUT2D eigenvalue weighted by Gasteiger charge is 2.25. The highest BCUT2D eigenvalue weighted by atomic mass is 16.6. The molecule has 0 N–H and O–H groups in total. The maximum absolute atomic E-state index is 12.4. The van der Waals surface area contributed by atoms with Gasteiger partial charge in [-0.15, -0.1) is 0 Å². The Morgan fingerprint density at radius 1 is 0.694 bits per heavy atom. The van der Waals surface area contributed by atoms with E-state index >= 15 is 0 Å². The number of ether oxygens (including phenoxy) is 4. The van der Waals surface area contributed by atoms with Gasteiger partial charge in [0.15, 0.2) is 13.2 Å². The first kappa shape index (κ1) is 27.3. The number of carbonyl (C=O) groups excluding carboxylic acids is 2. The lowest BCUT2D eigenvalue weighted by Gasteiger charge is -2.25. The van der Waals surface area contributed by atoms with Gasteiger partial charge in [-0.05, 0) is 22.8 Å². The zero-order valence-electron chi connectivity index (χ0n) is 22.5. The molecule has 36 heavy (non-hydrogen) atoms. The quantitative estimate of drug-likeness (QED) is 0.238. The molecule has 0 spiro atoms. The predicted octanol–water partition coefficient (Wildman–Crippen LogP) is 6.45. The van der Waals surface area contributed by atoms with Crippen LogP contribution in [0.25, 0.3) is 21.5 Å². The first-order valence-corrected chi connectivity index (χ1v) is 12.5. The summed E-state index contributed by atoms with van der Waals surface area (Å²) in [7, 11) is 0. The van der Waals surface area contributed by atoms with Crippen LogP contribution in [0.2, 0.25) is 0 Å². The minimum absolute atomic E-state index is 0.201. The van der Waals surface area contributed by atoms with Gasteiger partial charge in [0.2, 0.25) is 0 Å². The third-order valence-corrected chi connectivity index (χ3v) is 5.58. The van der Waals surface area contributed by atoms with E-state index in [2.05, 4.69) is 26.8 Å². The summed E-state index contributed by atoms with van der Waals surface area (Å²) >= 11 is 0. The van der Waals surface area contributed by atoms with Crippen molar-refractivity contribution in [3.05, 3.63) is 48.0 Å². The number of hydrogen-bond donors (Lipinski definition) is 0. The van der Waals surface area contributed by atoms with Crippen LogP contribution in [0.5, 0.6) is 11.5 Å². The molecule has 6 heteroatoms. The first-order chi connectivity index (χ1) is 17.0. The molecule has 0 heterocycles. The maximum atomic E-state index is 12.4. The molecule has 0 saturated heterocycles. The van der Waals surface area contributed by atoms with Crippen LogP contribution in [0, 0.1) is 11.8 Å². The van der Waals surface area contributed by atoms with Crippen molar-refractivity contribution >= 4 is 33.5 Å². The Labute approximate surface area is 213 Å². The fraction of sp³-hybridized carbons (Fsp3) is 0.467. The van der Waals surface area contributed by atoms with Crippen molar-refractivity contribution in [3.8, 4) is 11.5 Å². The highest BCUT2D eigenvalue weighted by molar-refractivity contribution is 6.12. The van der Waals surface area contributed by atoms with Gasteiger partial charge in [0.05, 0.1) is 13.2 Å². The van der Waals surface area contributed by atoms with Crippen molar-refractivity contribution in [1.29, 1.82) is 0 Å². The lowest BCUT2D eigenvalue weighted by atomic mass is 9.82. The molecular weight excluding hydrogens is 456 g/mol. The average molecular weight is 495 g/mol. The van der Waals surface area contributed by atoms with E-state index in [1.54, 1.807) is 0 Å². The molecule has 0 aromatic heterocycles. The summed E-state index contributed by atoms with van der Waals surface area (Å²) in [5.41, 5.74) is 0.828. The van der Waals surface area contributed by atoms with Crippen LogP contribution in [0.15, 0.2) is 42.5 Å². The summed E-state index contributed by atoms with van der Waals surface area (Å²) in [6.45, 7) is 14.6. The third kappa shape index (κ3) is 6.68. The highest BCUT2D eigenvalue weighted by Crippen LogP contribution is 2.46. The van der Waals surface area contributed by atoms with E-state index in [9.17, 15) is 9.59 Å². The zero-order chi connectivity index (χ0) is 26.5. The molecule has 194 valence electrons. The number of fused-ring (bicyclic) bond motifs is 2. The Kier molecular flexibility index (Phi) is 8.83. The fourth-order valence-electron chi connectivity index (χ4n) is 3.94. The monoisotopic (exact) mass is 494 g/mol. The summed E-state index contributed by atoms with van der Waals surface area (Å²) in [6, 6.07) is 13.7. The number of rotatable bonds is 10. The average Bonchev–Trinajstić information content (AvgIpc) is 2.82. The van der Waals surface area contributed by atoms with Crippen LogP contribution < -0.4 is 9.47 Å². The van der Waals surface area contributed by atoms with E-state index < -0.39 is 11.9 Å². The van der Waals surface area contributed by atoms with Gasteiger partial charge in [-0.3, -0.25) is 0 Å². The SMILES string of the molecule is CC(C)COC(=O)COc1c2ccccc2c(OCC(=O)OCC(C)C)c2c(C(C)(C)C)cccc12. The summed E-state index contributed by atoms with van der Waals surface area (Å²) < 4.78 is 23.0. The molecule has 0 saturated carbocycles. The van der Waals surface area contributed by atoms with Gasteiger partial charge in [-0.2, -0.15) is 0 Å².